The van der Waals surface area contributed by atoms with Crippen molar-refractivity contribution in [1.29, 1.82) is 0 Å². The van der Waals surface area contributed by atoms with Crippen LogP contribution in [0.15, 0.2) is 6.33 Å². The fraction of sp³-hybridized carbons (Fsp3) is 0.556. The van der Waals surface area contributed by atoms with Crippen LogP contribution in [0.4, 0.5) is 10.2 Å². The molecule has 134 valence electrons. The van der Waals surface area contributed by atoms with Gasteiger partial charge in [0.1, 0.15) is 18.0 Å². The first-order chi connectivity index (χ1) is 12.0. The molecule has 1 fully saturated rings. The van der Waals surface area contributed by atoms with E-state index >= 15 is 0 Å². The second-order valence-corrected chi connectivity index (χ2v) is 6.62. The van der Waals surface area contributed by atoms with Crippen LogP contribution in [0.25, 0.3) is 0 Å². The van der Waals surface area contributed by atoms with Gasteiger partial charge in [-0.3, -0.25) is 0 Å². The molecular weight excluding hydrogens is 321 g/mol. The number of aryl methyl sites for hydroxylation is 3. The third-order valence-corrected chi connectivity index (χ3v) is 4.78. The van der Waals surface area contributed by atoms with E-state index in [0.717, 1.165) is 43.0 Å². The molecule has 3 heterocycles. The Morgan fingerprint density at radius 3 is 2.52 bits per heavy atom. The lowest BCUT2D eigenvalue weighted by atomic mass is 9.97. The second-order valence-electron chi connectivity index (χ2n) is 6.62. The van der Waals surface area contributed by atoms with E-state index in [0.29, 0.717) is 24.0 Å². The Kier molecular flexibility index (Phi) is 5.11. The molecule has 2 aromatic rings. The van der Waals surface area contributed by atoms with E-state index in [-0.39, 0.29) is 5.88 Å². The average molecular weight is 345 g/mol. The fourth-order valence-corrected chi connectivity index (χ4v) is 3.12. The number of hydrogen-bond acceptors (Lipinski definition) is 6. The number of nitrogens with zero attached hydrogens (tertiary/aromatic N) is 5. The highest BCUT2D eigenvalue weighted by molar-refractivity contribution is 5.47. The number of rotatable bonds is 4. The average Bonchev–Trinajstić information content (AvgIpc) is 2.60. The minimum atomic E-state index is -0.463. The molecule has 3 rings (SSSR count). The Morgan fingerprint density at radius 1 is 1.08 bits per heavy atom. The molecule has 1 aliphatic rings. The first-order valence-electron chi connectivity index (χ1n) is 8.62. The minimum Gasteiger partial charge on any atom is -0.475 e. The van der Waals surface area contributed by atoms with Crippen molar-refractivity contribution < 1.29 is 9.13 Å². The Morgan fingerprint density at radius 2 is 1.80 bits per heavy atom. The molecule has 0 N–H and O–H groups in total. The van der Waals surface area contributed by atoms with E-state index in [1.54, 1.807) is 20.2 Å². The van der Waals surface area contributed by atoms with Crippen molar-refractivity contribution in [2.24, 2.45) is 5.92 Å². The molecule has 0 bridgehead atoms. The zero-order valence-corrected chi connectivity index (χ0v) is 15.2. The van der Waals surface area contributed by atoms with Gasteiger partial charge in [0.05, 0.1) is 12.3 Å². The van der Waals surface area contributed by atoms with Crippen LogP contribution in [0.2, 0.25) is 0 Å². The third kappa shape index (κ3) is 3.86. The highest BCUT2D eigenvalue weighted by Crippen LogP contribution is 2.26. The van der Waals surface area contributed by atoms with Crippen molar-refractivity contribution >= 4 is 5.82 Å². The number of anilines is 1. The summed E-state index contributed by atoms with van der Waals surface area (Å²) >= 11 is 0. The molecular formula is C18H24FN5O. The van der Waals surface area contributed by atoms with Crippen LogP contribution in [0.3, 0.4) is 0 Å². The van der Waals surface area contributed by atoms with E-state index < -0.39 is 5.82 Å². The van der Waals surface area contributed by atoms with Gasteiger partial charge in [-0.05, 0) is 46.5 Å². The summed E-state index contributed by atoms with van der Waals surface area (Å²) in [6.45, 7) is 9.72. The first kappa shape index (κ1) is 17.5. The van der Waals surface area contributed by atoms with E-state index in [4.69, 9.17) is 4.74 Å². The van der Waals surface area contributed by atoms with E-state index in [1.165, 1.54) is 0 Å². The standard InChI is InChI=1S/C18H24FN5O/c1-11-12(2)20-10-21-17(11)24-7-5-15(6-8-24)9-25-18-16(19)13(3)22-14(4)23-18/h10,15H,5-9H2,1-4H3. The highest BCUT2D eigenvalue weighted by atomic mass is 19.1. The maximum atomic E-state index is 14.0. The Hall–Kier alpha value is -2.31. The first-order valence-corrected chi connectivity index (χ1v) is 8.62. The number of hydrogen-bond donors (Lipinski definition) is 0. The van der Waals surface area contributed by atoms with Crippen molar-refractivity contribution in [3.63, 3.8) is 0 Å². The Labute approximate surface area is 147 Å². The van der Waals surface area contributed by atoms with Crippen LogP contribution >= 0.6 is 0 Å². The summed E-state index contributed by atoms with van der Waals surface area (Å²) in [6.07, 6.45) is 3.58. The second kappa shape index (κ2) is 7.29. The molecule has 7 heteroatoms. The molecule has 1 aliphatic heterocycles. The lowest BCUT2D eigenvalue weighted by Gasteiger charge is -2.33. The van der Waals surface area contributed by atoms with Gasteiger partial charge >= 0.3 is 0 Å². The van der Waals surface area contributed by atoms with Crippen molar-refractivity contribution in [2.45, 2.75) is 40.5 Å². The molecule has 2 aromatic heterocycles. The van der Waals surface area contributed by atoms with Crippen LogP contribution in [0.1, 0.15) is 35.6 Å². The molecule has 0 amide bonds. The van der Waals surface area contributed by atoms with Crippen LogP contribution in [0, 0.1) is 39.4 Å². The summed E-state index contributed by atoms with van der Waals surface area (Å²) in [4.78, 5) is 19.0. The number of piperidine rings is 1. The van der Waals surface area contributed by atoms with Gasteiger partial charge in [-0.1, -0.05) is 0 Å². The predicted octanol–water partition coefficient (Wildman–Crippen LogP) is 2.93. The van der Waals surface area contributed by atoms with Gasteiger partial charge in [-0.15, -0.1) is 0 Å². The summed E-state index contributed by atoms with van der Waals surface area (Å²) in [5, 5.41) is 0. The zero-order chi connectivity index (χ0) is 18.0. The van der Waals surface area contributed by atoms with Gasteiger partial charge in [-0.25, -0.2) is 15.0 Å². The molecule has 1 saturated heterocycles. The lowest BCUT2D eigenvalue weighted by Crippen LogP contribution is -2.36. The molecule has 0 atom stereocenters. The van der Waals surface area contributed by atoms with Crippen LogP contribution in [0.5, 0.6) is 5.88 Å². The lowest BCUT2D eigenvalue weighted by molar-refractivity contribution is 0.206. The molecule has 0 spiro atoms. The van der Waals surface area contributed by atoms with E-state index in [2.05, 4.69) is 31.8 Å². The monoisotopic (exact) mass is 345 g/mol. The SMILES string of the molecule is Cc1nc(C)c(F)c(OCC2CCN(c3ncnc(C)c3C)CC2)n1. The predicted molar refractivity (Wildman–Crippen MR) is 93.4 cm³/mol. The van der Waals surface area contributed by atoms with Gasteiger partial charge < -0.3 is 9.64 Å². The summed E-state index contributed by atoms with van der Waals surface area (Å²) in [7, 11) is 0. The highest BCUT2D eigenvalue weighted by Gasteiger charge is 2.23. The van der Waals surface area contributed by atoms with Crippen molar-refractivity contribution in [1.82, 2.24) is 19.9 Å². The van der Waals surface area contributed by atoms with E-state index in [1.807, 2.05) is 6.92 Å². The van der Waals surface area contributed by atoms with Crippen LogP contribution in [-0.4, -0.2) is 39.6 Å². The molecule has 6 nitrogen and oxygen atoms in total. The Balaban J connectivity index is 1.57. The fourth-order valence-electron chi connectivity index (χ4n) is 3.12. The van der Waals surface area contributed by atoms with Crippen LogP contribution in [-0.2, 0) is 0 Å². The summed E-state index contributed by atoms with van der Waals surface area (Å²) in [5.41, 5.74) is 2.47. The molecule has 25 heavy (non-hydrogen) atoms. The summed E-state index contributed by atoms with van der Waals surface area (Å²) < 4.78 is 19.7. The van der Waals surface area contributed by atoms with Crippen molar-refractivity contribution in [3.8, 4) is 5.88 Å². The summed E-state index contributed by atoms with van der Waals surface area (Å²) in [6, 6.07) is 0. The number of aromatic nitrogens is 4. The van der Waals surface area contributed by atoms with Crippen molar-refractivity contribution in [3.05, 3.63) is 34.9 Å². The molecule has 0 aromatic carbocycles. The minimum absolute atomic E-state index is 0.0645. The van der Waals surface area contributed by atoms with Gasteiger partial charge in [-0.2, -0.15) is 9.37 Å². The maximum absolute atomic E-state index is 14.0. The van der Waals surface area contributed by atoms with E-state index in [9.17, 15) is 4.39 Å². The summed E-state index contributed by atoms with van der Waals surface area (Å²) in [5.74, 6) is 1.53. The molecule has 0 radical (unpaired) electrons. The largest absolute Gasteiger partial charge is 0.475 e. The smallest absolute Gasteiger partial charge is 0.254 e. The zero-order valence-electron chi connectivity index (χ0n) is 15.2. The quantitative estimate of drug-likeness (QED) is 0.849. The van der Waals surface area contributed by atoms with Gasteiger partial charge in [0.15, 0.2) is 0 Å². The maximum Gasteiger partial charge on any atom is 0.254 e. The van der Waals surface area contributed by atoms with Crippen molar-refractivity contribution in [2.75, 3.05) is 24.6 Å². The topological polar surface area (TPSA) is 64.0 Å². The van der Waals surface area contributed by atoms with Gasteiger partial charge in [0.2, 0.25) is 5.82 Å². The van der Waals surface area contributed by atoms with Crippen LogP contribution < -0.4 is 9.64 Å². The van der Waals surface area contributed by atoms with Gasteiger partial charge in [0.25, 0.3) is 5.88 Å². The molecule has 0 unspecified atom stereocenters. The molecule has 0 aliphatic carbocycles. The normalized spacial score (nSPS) is 15.5. The Bertz CT molecular complexity index is 759. The number of ether oxygens (including phenoxy) is 1. The third-order valence-electron chi connectivity index (χ3n) is 4.78. The van der Waals surface area contributed by atoms with Gasteiger partial charge in [0, 0.05) is 24.3 Å². The molecule has 0 saturated carbocycles. The number of halogens is 1.